The van der Waals surface area contributed by atoms with Crippen LogP contribution in [0, 0.1) is 27.7 Å². The van der Waals surface area contributed by atoms with E-state index < -0.39 is 21.5 Å². The highest BCUT2D eigenvalue weighted by atomic mass is 32.2. The Labute approximate surface area is 251 Å². The van der Waals surface area contributed by atoms with Gasteiger partial charge in [0.2, 0.25) is 0 Å². The lowest BCUT2D eigenvalue weighted by Gasteiger charge is -2.36. The Morgan fingerprint density at radius 2 is 1.70 bits per heavy atom. The third-order valence-electron chi connectivity index (χ3n) is 7.65. The molecule has 3 aromatic rings. The molecule has 0 bridgehead atoms. The molecule has 1 aliphatic rings. The van der Waals surface area contributed by atoms with E-state index >= 15 is 0 Å². The van der Waals surface area contributed by atoms with Gasteiger partial charge in [0, 0.05) is 31.1 Å². The molecule has 0 saturated heterocycles. The number of hydrogen-bond donors (Lipinski definition) is 2. The highest BCUT2D eigenvalue weighted by Crippen LogP contribution is 2.44. The number of carbonyl (C=O) groups excluding carboxylic acids is 3. The molecule has 1 aromatic heterocycles. The molecule has 0 saturated carbocycles. The molecule has 0 fully saturated rings. The van der Waals surface area contributed by atoms with Crippen molar-refractivity contribution in [3.05, 3.63) is 75.9 Å². The first kappa shape index (κ1) is 31.6. The average Bonchev–Trinajstić information content (AvgIpc) is 2.98. The first-order chi connectivity index (χ1) is 20.3. The topological polar surface area (TPSA) is 154 Å². The van der Waals surface area contributed by atoms with E-state index in [1.165, 1.54) is 24.5 Å². The molecular weight excluding hydrogens is 572 g/mol. The molecule has 1 atom stereocenters. The van der Waals surface area contributed by atoms with E-state index in [-0.39, 0.29) is 35.3 Å². The average molecular weight is 609 g/mol. The molecule has 1 unspecified atom stereocenters. The first-order valence-corrected chi connectivity index (χ1v) is 15.5. The number of benzene rings is 2. The zero-order valence-corrected chi connectivity index (χ0v) is 26.0. The Morgan fingerprint density at radius 3 is 2.33 bits per heavy atom. The SMILES string of the molecule is CCC(=O)Oc1c(C)c(C)c2c(c1C)CCC(C)(C(=O)NS(=O)(=O)c1ccc(CCNC(=O)c3cnc(C)cn3)cc1)O2. The van der Waals surface area contributed by atoms with Crippen LogP contribution < -0.4 is 19.5 Å². The van der Waals surface area contributed by atoms with Gasteiger partial charge < -0.3 is 14.8 Å². The van der Waals surface area contributed by atoms with E-state index in [4.69, 9.17) is 9.47 Å². The van der Waals surface area contributed by atoms with Crippen molar-refractivity contribution < 1.29 is 32.3 Å². The summed E-state index contributed by atoms with van der Waals surface area (Å²) in [5, 5.41) is 2.76. The summed E-state index contributed by atoms with van der Waals surface area (Å²) in [6.45, 7) is 10.9. The summed E-state index contributed by atoms with van der Waals surface area (Å²) < 4.78 is 40.2. The number of fused-ring (bicyclic) bond motifs is 1. The van der Waals surface area contributed by atoms with Crippen LogP contribution in [0.4, 0.5) is 0 Å². The summed E-state index contributed by atoms with van der Waals surface area (Å²) in [5.74, 6) is -0.478. The molecule has 228 valence electrons. The second kappa shape index (κ2) is 12.5. The Hall–Kier alpha value is -4.32. The largest absolute Gasteiger partial charge is 0.477 e. The van der Waals surface area contributed by atoms with Gasteiger partial charge in [-0.15, -0.1) is 0 Å². The Kier molecular flexibility index (Phi) is 9.19. The van der Waals surface area contributed by atoms with Crippen molar-refractivity contribution in [2.24, 2.45) is 0 Å². The van der Waals surface area contributed by atoms with Gasteiger partial charge >= 0.3 is 5.97 Å². The molecule has 11 nitrogen and oxygen atoms in total. The minimum Gasteiger partial charge on any atom is -0.477 e. The molecule has 43 heavy (non-hydrogen) atoms. The second-order valence-electron chi connectivity index (χ2n) is 10.8. The number of ether oxygens (including phenoxy) is 2. The van der Waals surface area contributed by atoms with Crippen LogP contribution in [0.2, 0.25) is 0 Å². The number of hydrogen-bond acceptors (Lipinski definition) is 9. The van der Waals surface area contributed by atoms with Crippen molar-refractivity contribution in [3.63, 3.8) is 0 Å². The number of rotatable bonds is 9. The summed E-state index contributed by atoms with van der Waals surface area (Å²) in [5.41, 5.74) is 3.31. The number of esters is 1. The Morgan fingerprint density at radius 1 is 1.00 bits per heavy atom. The van der Waals surface area contributed by atoms with Crippen LogP contribution in [-0.2, 0) is 32.5 Å². The lowest BCUT2D eigenvalue weighted by molar-refractivity contribution is -0.135. The Balaban J connectivity index is 1.41. The van der Waals surface area contributed by atoms with Crippen molar-refractivity contribution in [2.45, 2.75) is 77.7 Å². The van der Waals surface area contributed by atoms with E-state index in [0.717, 1.165) is 27.8 Å². The summed E-state index contributed by atoms with van der Waals surface area (Å²) in [6, 6.07) is 6.08. The second-order valence-corrected chi connectivity index (χ2v) is 12.5. The highest BCUT2D eigenvalue weighted by Gasteiger charge is 2.42. The van der Waals surface area contributed by atoms with Crippen LogP contribution >= 0.6 is 0 Å². The maximum atomic E-state index is 13.3. The van der Waals surface area contributed by atoms with Gasteiger partial charge in [0.25, 0.3) is 21.8 Å². The smallest absolute Gasteiger partial charge is 0.310 e. The number of sulfonamides is 1. The molecule has 0 radical (unpaired) electrons. The van der Waals surface area contributed by atoms with Gasteiger partial charge in [-0.1, -0.05) is 19.1 Å². The first-order valence-electron chi connectivity index (χ1n) is 14.0. The predicted octanol–water partition coefficient (Wildman–Crippen LogP) is 3.59. The third kappa shape index (κ3) is 6.85. The summed E-state index contributed by atoms with van der Waals surface area (Å²) >= 11 is 0. The molecule has 2 heterocycles. The molecule has 2 N–H and O–H groups in total. The van der Waals surface area contributed by atoms with Gasteiger partial charge in [-0.05, 0) is 81.8 Å². The number of nitrogens with zero attached hydrogens (tertiary/aromatic N) is 2. The van der Waals surface area contributed by atoms with Crippen molar-refractivity contribution >= 4 is 27.8 Å². The Bertz CT molecular complexity index is 1670. The van der Waals surface area contributed by atoms with Crippen LogP contribution in [0.3, 0.4) is 0 Å². The monoisotopic (exact) mass is 608 g/mol. The van der Waals surface area contributed by atoms with Crippen LogP contribution in [-0.4, -0.2) is 48.3 Å². The summed E-state index contributed by atoms with van der Waals surface area (Å²) in [7, 11) is -4.19. The van der Waals surface area contributed by atoms with Gasteiger partial charge in [-0.25, -0.2) is 18.1 Å². The predicted molar refractivity (Wildman–Crippen MR) is 159 cm³/mol. The molecule has 0 spiro atoms. The van der Waals surface area contributed by atoms with Gasteiger partial charge in [0.1, 0.15) is 17.2 Å². The fourth-order valence-electron chi connectivity index (χ4n) is 4.78. The fourth-order valence-corrected chi connectivity index (χ4v) is 5.85. The zero-order valence-electron chi connectivity index (χ0n) is 25.2. The third-order valence-corrected chi connectivity index (χ3v) is 9.00. The molecule has 0 aliphatic carbocycles. The van der Waals surface area contributed by atoms with Gasteiger partial charge in [-0.2, -0.15) is 0 Å². The molecule has 4 rings (SSSR count). The van der Waals surface area contributed by atoms with Crippen molar-refractivity contribution in [1.82, 2.24) is 20.0 Å². The molecular formula is C31H36N4O7S. The van der Waals surface area contributed by atoms with E-state index in [0.29, 0.717) is 36.6 Å². The number of nitrogens with one attached hydrogen (secondary N) is 2. The maximum Gasteiger partial charge on any atom is 0.310 e. The molecule has 2 amide bonds. The molecule has 12 heteroatoms. The van der Waals surface area contributed by atoms with Crippen LogP contribution in [0.5, 0.6) is 11.5 Å². The highest BCUT2D eigenvalue weighted by molar-refractivity contribution is 7.90. The van der Waals surface area contributed by atoms with Crippen molar-refractivity contribution in [3.8, 4) is 11.5 Å². The van der Waals surface area contributed by atoms with Crippen LogP contribution in [0.25, 0.3) is 0 Å². The minimum absolute atomic E-state index is 0.0753. The number of aryl methyl sites for hydroxylation is 1. The normalized spacial score (nSPS) is 16.0. The van der Waals surface area contributed by atoms with Crippen LogP contribution in [0.1, 0.15) is 70.7 Å². The van der Waals surface area contributed by atoms with Gasteiger partial charge in [0.05, 0.1) is 16.8 Å². The lowest BCUT2D eigenvalue weighted by Crippen LogP contribution is -2.52. The zero-order chi connectivity index (χ0) is 31.5. The molecule has 1 aliphatic heterocycles. The number of amides is 2. The van der Waals surface area contributed by atoms with Crippen molar-refractivity contribution in [1.29, 1.82) is 0 Å². The quantitative estimate of drug-likeness (QED) is 0.274. The van der Waals surface area contributed by atoms with E-state index in [1.54, 1.807) is 32.9 Å². The maximum absolute atomic E-state index is 13.3. The fraction of sp³-hybridized carbons (Fsp3) is 0.387. The van der Waals surface area contributed by atoms with E-state index in [1.807, 2.05) is 20.8 Å². The summed E-state index contributed by atoms with van der Waals surface area (Å²) in [6.07, 6.45) is 4.28. The van der Waals surface area contributed by atoms with E-state index in [9.17, 15) is 22.8 Å². The lowest BCUT2D eigenvalue weighted by atomic mass is 9.87. The van der Waals surface area contributed by atoms with Crippen molar-refractivity contribution in [2.75, 3.05) is 6.54 Å². The molecule has 2 aromatic carbocycles. The number of carbonyl (C=O) groups is 3. The minimum atomic E-state index is -4.19. The summed E-state index contributed by atoms with van der Waals surface area (Å²) in [4.78, 5) is 45.5. The number of aromatic nitrogens is 2. The van der Waals surface area contributed by atoms with Gasteiger partial charge in [-0.3, -0.25) is 19.4 Å². The van der Waals surface area contributed by atoms with E-state index in [2.05, 4.69) is 20.0 Å². The van der Waals surface area contributed by atoms with Gasteiger partial charge in [0.15, 0.2) is 5.60 Å². The standard InChI is InChI=1S/C31H36N4O7S/c1-7-26(36)41-27-19(3)20(4)28-24(21(27)5)12-14-31(6,42-28)30(38)35-43(39,40)23-10-8-22(9-11-23)13-15-32-29(37)25-17-33-18(2)16-34-25/h8-11,16-17H,7,12-15H2,1-6H3,(H,32,37)(H,35,38). The van der Waals surface area contributed by atoms with Crippen LogP contribution in [0.15, 0.2) is 41.6 Å².